The Bertz CT molecular complexity index is 1350. The predicted molar refractivity (Wildman–Crippen MR) is 125 cm³/mol. The molecule has 0 atom stereocenters. The fourth-order valence-electron chi connectivity index (χ4n) is 3.27. The second-order valence-electron chi connectivity index (χ2n) is 7.27. The largest absolute Gasteiger partial charge is 0.305 e. The summed E-state index contributed by atoms with van der Waals surface area (Å²) in [5.41, 5.74) is 4.27. The van der Waals surface area contributed by atoms with E-state index in [1.54, 1.807) is 37.6 Å². The van der Waals surface area contributed by atoms with Crippen molar-refractivity contribution in [3.05, 3.63) is 127 Å². The van der Waals surface area contributed by atoms with E-state index in [9.17, 15) is 13.2 Å². The molecule has 35 heavy (non-hydrogen) atoms. The maximum absolute atomic E-state index is 13.8. The summed E-state index contributed by atoms with van der Waals surface area (Å²) in [5, 5.41) is 0. The summed E-state index contributed by atoms with van der Waals surface area (Å²) in [6.07, 6.45) is 6.65. The van der Waals surface area contributed by atoms with E-state index < -0.39 is 17.5 Å². The number of hydrogen-bond acceptors (Lipinski definition) is 3. The van der Waals surface area contributed by atoms with Crippen LogP contribution in [-0.2, 0) is 20.1 Å². The maximum Gasteiger partial charge on any atom is 0.0792 e. The van der Waals surface area contributed by atoms with E-state index in [1.165, 1.54) is 6.20 Å². The molecule has 177 valence electrons. The van der Waals surface area contributed by atoms with Crippen LogP contribution in [0.5, 0.6) is 0 Å². The summed E-state index contributed by atoms with van der Waals surface area (Å²) in [4.78, 5) is 12.3. The third-order valence-corrected chi connectivity index (χ3v) is 4.92. The number of aromatic nitrogens is 3. The number of aryl methyl sites for hydroxylation is 1. The van der Waals surface area contributed by atoms with Crippen molar-refractivity contribution in [1.82, 2.24) is 15.0 Å². The Morgan fingerprint density at radius 2 is 1.63 bits per heavy atom. The van der Waals surface area contributed by atoms with E-state index in [1.807, 2.05) is 48.5 Å². The zero-order valence-electron chi connectivity index (χ0n) is 18.5. The van der Waals surface area contributed by atoms with Crippen molar-refractivity contribution < 1.29 is 33.3 Å². The molecule has 3 nitrogen and oxygen atoms in total. The molecule has 1 radical (unpaired) electrons. The van der Waals surface area contributed by atoms with Gasteiger partial charge in [-0.2, -0.15) is 0 Å². The molecule has 0 aliphatic carbocycles. The van der Waals surface area contributed by atoms with Gasteiger partial charge in [0.05, 0.1) is 11.6 Å². The number of benzene rings is 2. The Morgan fingerprint density at radius 3 is 2.29 bits per heavy atom. The summed E-state index contributed by atoms with van der Waals surface area (Å²) in [6.45, 7) is 1.81. The standard InChI is InChI=1S/C17H10F3N2.C11H8N.Ir/c1-10-5-16(13-6-12(18)7-15(19)17(13)20)22-9-14(10)11-3-2-4-21-8-11;1-2-6-10(7-3-1)11-8-4-5-9-12-11;/h2-5,7-9H,1H3;1-6,8-9H;/q2*-1;. The monoisotopic (exact) mass is 646 g/mol. The molecule has 0 bridgehead atoms. The SMILES string of the molecule is Cc1cc(-c2[c-]c(F)cc(F)c2F)ncc1-c1cccnc1.[Ir].[c-]1ccccc1-c1ccccn1. The normalized spacial score (nSPS) is 10.1. The summed E-state index contributed by atoms with van der Waals surface area (Å²) in [5.74, 6) is -3.39. The van der Waals surface area contributed by atoms with Crippen LogP contribution in [0.3, 0.4) is 0 Å². The first-order valence-corrected chi connectivity index (χ1v) is 10.4. The van der Waals surface area contributed by atoms with Crippen LogP contribution < -0.4 is 0 Å². The minimum Gasteiger partial charge on any atom is -0.305 e. The second kappa shape index (κ2) is 12.2. The molecule has 2 aromatic carbocycles. The van der Waals surface area contributed by atoms with Gasteiger partial charge in [0.15, 0.2) is 0 Å². The quantitative estimate of drug-likeness (QED) is 0.159. The second-order valence-corrected chi connectivity index (χ2v) is 7.27. The van der Waals surface area contributed by atoms with Crippen molar-refractivity contribution in [2.24, 2.45) is 0 Å². The summed E-state index contributed by atoms with van der Waals surface area (Å²) in [6, 6.07) is 24.7. The van der Waals surface area contributed by atoms with E-state index in [4.69, 9.17) is 0 Å². The molecule has 0 aliphatic heterocycles. The smallest absolute Gasteiger partial charge is 0.0792 e. The molecule has 0 unspecified atom stereocenters. The average Bonchev–Trinajstić information content (AvgIpc) is 2.88. The van der Waals surface area contributed by atoms with Gasteiger partial charge in [-0.1, -0.05) is 35.9 Å². The van der Waals surface area contributed by atoms with Crippen LogP contribution in [0.15, 0.2) is 91.5 Å². The molecule has 0 aliphatic rings. The minimum atomic E-state index is -1.26. The first kappa shape index (κ1) is 25.9. The van der Waals surface area contributed by atoms with Crippen molar-refractivity contribution in [2.75, 3.05) is 0 Å². The van der Waals surface area contributed by atoms with Gasteiger partial charge in [0.1, 0.15) is 0 Å². The Morgan fingerprint density at radius 1 is 0.800 bits per heavy atom. The van der Waals surface area contributed by atoms with Gasteiger partial charge >= 0.3 is 0 Å². The van der Waals surface area contributed by atoms with Crippen molar-refractivity contribution in [1.29, 1.82) is 0 Å². The Balaban J connectivity index is 0.000000223. The topological polar surface area (TPSA) is 38.7 Å². The first-order chi connectivity index (χ1) is 16.5. The number of hydrogen-bond donors (Lipinski definition) is 0. The summed E-state index contributed by atoms with van der Waals surface area (Å²) < 4.78 is 40.3. The van der Waals surface area contributed by atoms with Crippen LogP contribution in [-0.4, -0.2) is 15.0 Å². The third kappa shape index (κ3) is 6.47. The first-order valence-electron chi connectivity index (χ1n) is 10.4. The average molecular weight is 646 g/mol. The summed E-state index contributed by atoms with van der Waals surface area (Å²) in [7, 11) is 0. The van der Waals surface area contributed by atoms with E-state index >= 15 is 0 Å². The fraction of sp³-hybridized carbons (Fsp3) is 0.0357. The molecule has 7 heteroatoms. The van der Waals surface area contributed by atoms with E-state index in [0.29, 0.717) is 6.07 Å². The molecule has 3 aromatic heterocycles. The van der Waals surface area contributed by atoms with Gasteiger partial charge in [-0.05, 0) is 36.0 Å². The molecule has 0 saturated carbocycles. The minimum absolute atomic E-state index is 0. The number of rotatable bonds is 3. The molecule has 3 heterocycles. The van der Waals surface area contributed by atoms with Crippen molar-refractivity contribution >= 4 is 0 Å². The molecule has 0 spiro atoms. The van der Waals surface area contributed by atoms with E-state index in [0.717, 1.165) is 27.9 Å². The van der Waals surface area contributed by atoms with E-state index in [-0.39, 0.29) is 31.4 Å². The van der Waals surface area contributed by atoms with Crippen LogP contribution in [0.4, 0.5) is 13.2 Å². The Labute approximate surface area is 215 Å². The van der Waals surface area contributed by atoms with Crippen LogP contribution in [0.1, 0.15) is 5.56 Å². The third-order valence-electron chi connectivity index (χ3n) is 4.92. The van der Waals surface area contributed by atoms with Gasteiger partial charge in [-0.25, -0.2) is 8.78 Å². The van der Waals surface area contributed by atoms with Crippen molar-refractivity contribution in [2.45, 2.75) is 6.92 Å². The van der Waals surface area contributed by atoms with Crippen LogP contribution in [0.25, 0.3) is 33.6 Å². The molecular formula is C28H18F3IrN3-2. The van der Waals surface area contributed by atoms with Crippen LogP contribution in [0, 0.1) is 36.5 Å². The van der Waals surface area contributed by atoms with Crippen molar-refractivity contribution in [3.8, 4) is 33.6 Å². The van der Waals surface area contributed by atoms with Gasteiger partial charge < -0.3 is 9.97 Å². The molecule has 0 saturated heterocycles. The fourth-order valence-corrected chi connectivity index (χ4v) is 3.27. The zero-order chi connectivity index (χ0) is 23.9. The van der Waals surface area contributed by atoms with Crippen molar-refractivity contribution in [3.63, 3.8) is 0 Å². The van der Waals surface area contributed by atoms with Crippen LogP contribution >= 0.6 is 0 Å². The molecule has 5 aromatic rings. The van der Waals surface area contributed by atoms with Gasteiger partial charge in [0, 0.05) is 61.8 Å². The molecular weight excluding hydrogens is 628 g/mol. The molecule has 0 N–H and O–H groups in total. The number of nitrogens with zero attached hydrogens (tertiary/aromatic N) is 3. The van der Waals surface area contributed by atoms with Crippen LogP contribution in [0.2, 0.25) is 0 Å². The molecule has 0 fully saturated rings. The van der Waals surface area contributed by atoms with Gasteiger partial charge in [-0.3, -0.25) is 9.37 Å². The Hall–Kier alpha value is -3.67. The zero-order valence-corrected chi connectivity index (χ0v) is 20.9. The van der Waals surface area contributed by atoms with Gasteiger partial charge in [0.25, 0.3) is 0 Å². The van der Waals surface area contributed by atoms with E-state index in [2.05, 4.69) is 27.1 Å². The van der Waals surface area contributed by atoms with Gasteiger partial charge in [-0.15, -0.1) is 42.0 Å². The Kier molecular flexibility index (Phi) is 9.01. The maximum atomic E-state index is 13.8. The van der Waals surface area contributed by atoms with Gasteiger partial charge in [0.2, 0.25) is 0 Å². The predicted octanol–water partition coefficient (Wildman–Crippen LogP) is 6.88. The summed E-state index contributed by atoms with van der Waals surface area (Å²) >= 11 is 0. The molecule has 5 rings (SSSR count). The number of pyridine rings is 3. The number of halogens is 3. The molecule has 0 amide bonds.